The average molecular weight is 382 g/mol. The van der Waals surface area contributed by atoms with Crippen molar-refractivity contribution in [3.05, 3.63) is 70.1 Å². The summed E-state index contributed by atoms with van der Waals surface area (Å²) < 4.78 is 10.2. The van der Waals surface area contributed by atoms with Crippen LogP contribution in [0.25, 0.3) is 11.0 Å². The number of esters is 1. The maximum atomic E-state index is 11.8. The van der Waals surface area contributed by atoms with Crippen LogP contribution in [0.1, 0.15) is 22.8 Å². The molecule has 0 saturated heterocycles. The molecule has 0 atom stereocenters. The summed E-state index contributed by atoms with van der Waals surface area (Å²) >= 11 is 5.32. The van der Waals surface area contributed by atoms with Crippen molar-refractivity contribution >= 4 is 45.6 Å². The van der Waals surface area contributed by atoms with E-state index in [9.17, 15) is 9.59 Å². The Hall–Kier alpha value is -3.19. The monoisotopic (exact) mass is 382 g/mol. The third-order valence-corrected chi connectivity index (χ3v) is 4.04. The minimum atomic E-state index is -0.395. The van der Waals surface area contributed by atoms with Crippen molar-refractivity contribution in [2.24, 2.45) is 0 Å². The largest absolute Gasteiger partial charge is 0.462 e. The van der Waals surface area contributed by atoms with Crippen molar-refractivity contribution < 1.29 is 13.9 Å². The van der Waals surface area contributed by atoms with E-state index in [-0.39, 0.29) is 5.97 Å². The zero-order chi connectivity index (χ0) is 19.4. The maximum absolute atomic E-state index is 11.8. The summed E-state index contributed by atoms with van der Waals surface area (Å²) in [4.78, 5) is 23.4. The molecule has 3 rings (SSSR count). The van der Waals surface area contributed by atoms with Gasteiger partial charge in [-0.05, 0) is 62.0 Å². The van der Waals surface area contributed by atoms with E-state index in [2.05, 4.69) is 10.6 Å². The normalized spacial score (nSPS) is 10.4. The summed E-state index contributed by atoms with van der Waals surface area (Å²) in [7, 11) is 0. The van der Waals surface area contributed by atoms with Crippen LogP contribution >= 0.6 is 12.2 Å². The number of thiocarbonyl (C=S) groups is 1. The van der Waals surface area contributed by atoms with Gasteiger partial charge in [-0.1, -0.05) is 6.07 Å². The van der Waals surface area contributed by atoms with Gasteiger partial charge in [-0.2, -0.15) is 0 Å². The summed E-state index contributed by atoms with van der Waals surface area (Å²) in [6.45, 7) is 3.93. The van der Waals surface area contributed by atoms with E-state index < -0.39 is 5.63 Å². The molecule has 0 aliphatic carbocycles. The molecule has 0 saturated carbocycles. The highest BCUT2D eigenvalue weighted by atomic mass is 32.1. The number of benzene rings is 2. The quantitative estimate of drug-likeness (QED) is 0.400. The molecule has 0 spiro atoms. The fourth-order valence-electron chi connectivity index (χ4n) is 2.63. The number of fused-ring (bicyclic) bond motifs is 1. The van der Waals surface area contributed by atoms with Crippen LogP contribution in [0, 0.1) is 6.92 Å². The second-order valence-corrected chi connectivity index (χ2v) is 6.25. The van der Waals surface area contributed by atoms with Crippen molar-refractivity contribution in [1.29, 1.82) is 0 Å². The second-order valence-electron chi connectivity index (χ2n) is 5.84. The van der Waals surface area contributed by atoms with E-state index in [0.29, 0.717) is 34.2 Å². The van der Waals surface area contributed by atoms with Crippen molar-refractivity contribution in [2.45, 2.75) is 13.8 Å². The smallest absolute Gasteiger partial charge is 0.338 e. The number of hydrogen-bond acceptors (Lipinski definition) is 5. The molecule has 0 radical (unpaired) electrons. The van der Waals surface area contributed by atoms with Crippen LogP contribution in [0.15, 0.2) is 57.7 Å². The van der Waals surface area contributed by atoms with Gasteiger partial charge in [0.05, 0.1) is 12.2 Å². The van der Waals surface area contributed by atoms with Gasteiger partial charge in [0.2, 0.25) is 0 Å². The van der Waals surface area contributed by atoms with Gasteiger partial charge < -0.3 is 19.8 Å². The molecule has 1 heterocycles. The number of ether oxygens (including phenoxy) is 1. The lowest BCUT2D eigenvalue weighted by Gasteiger charge is -2.12. The summed E-state index contributed by atoms with van der Waals surface area (Å²) in [5.41, 5.74) is 2.71. The Morgan fingerprint density at radius 2 is 1.85 bits per heavy atom. The molecule has 0 aliphatic rings. The summed E-state index contributed by atoms with van der Waals surface area (Å²) in [5.74, 6) is -0.389. The molecule has 0 unspecified atom stereocenters. The van der Waals surface area contributed by atoms with Crippen LogP contribution < -0.4 is 16.3 Å². The number of nitrogens with one attached hydrogen (secondary N) is 2. The number of carbonyl (C=O) groups excluding carboxylic acids is 1. The maximum Gasteiger partial charge on any atom is 0.338 e. The second kappa shape index (κ2) is 8.01. The Balaban J connectivity index is 1.74. The number of carbonyl (C=O) groups is 1. The summed E-state index contributed by atoms with van der Waals surface area (Å²) in [5, 5.41) is 7.26. The average Bonchev–Trinajstić information content (AvgIpc) is 2.61. The molecule has 0 fully saturated rings. The van der Waals surface area contributed by atoms with Crippen LogP contribution in [-0.2, 0) is 4.74 Å². The van der Waals surface area contributed by atoms with E-state index >= 15 is 0 Å². The Morgan fingerprint density at radius 1 is 1.11 bits per heavy atom. The van der Waals surface area contributed by atoms with E-state index in [0.717, 1.165) is 10.9 Å². The zero-order valence-corrected chi connectivity index (χ0v) is 15.7. The Kier molecular flexibility index (Phi) is 5.52. The highest BCUT2D eigenvalue weighted by Gasteiger charge is 2.08. The van der Waals surface area contributed by atoms with E-state index in [1.807, 2.05) is 19.1 Å². The SMILES string of the molecule is CCOC(=O)c1cccc(NC(=S)Nc2ccc3c(C)cc(=O)oc3c2)c1. The van der Waals surface area contributed by atoms with Crippen molar-refractivity contribution in [1.82, 2.24) is 0 Å². The lowest BCUT2D eigenvalue weighted by molar-refractivity contribution is 0.0526. The van der Waals surface area contributed by atoms with Gasteiger partial charge in [-0.25, -0.2) is 9.59 Å². The van der Waals surface area contributed by atoms with Crippen LogP contribution in [0.2, 0.25) is 0 Å². The molecule has 2 aromatic carbocycles. The molecule has 0 amide bonds. The van der Waals surface area contributed by atoms with Gasteiger partial charge in [0.25, 0.3) is 0 Å². The van der Waals surface area contributed by atoms with Gasteiger partial charge in [0.1, 0.15) is 5.58 Å². The Labute approximate surface area is 161 Å². The van der Waals surface area contributed by atoms with Crippen LogP contribution in [-0.4, -0.2) is 17.7 Å². The van der Waals surface area contributed by atoms with Gasteiger partial charge in [0.15, 0.2) is 5.11 Å². The standard InChI is InChI=1S/C20H18N2O4S/c1-3-25-19(24)13-5-4-6-14(10-13)21-20(27)22-15-7-8-16-12(2)9-18(23)26-17(16)11-15/h4-11H,3H2,1-2H3,(H2,21,22,27). The highest BCUT2D eigenvalue weighted by Crippen LogP contribution is 2.21. The lowest BCUT2D eigenvalue weighted by atomic mass is 10.1. The van der Waals surface area contributed by atoms with Crippen molar-refractivity contribution in [3.8, 4) is 0 Å². The van der Waals surface area contributed by atoms with Crippen molar-refractivity contribution in [3.63, 3.8) is 0 Å². The van der Waals surface area contributed by atoms with Gasteiger partial charge in [-0.15, -0.1) is 0 Å². The summed E-state index contributed by atoms with van der Waals surface area (Å²) in [6.07, 6.45) is 0. The first kappa shape index (κ1) is 18.6. The van der Waals surface area contributed by atoms with Gasteiger partial charge >= 0.3 is 11.6 Å². The zero-order valence-electron chi connectivity index (χ0n) is 14.9. The predicted molar refractivity (Wildman–Crippen MR) is 109 cm³/mol. The fraction of sp³-hybridized carbons (Fsp3) is 0.150. The number of anilines is 2. The highest BCUT2D eigenvalue weighted by molar-refractivity contribution is 7.80. The third kappa shape index (κ3) is 4.51. The molecule has 6 nitrogen and oxygen atoms in total. The Morgan fingerprint density at radius 3 is 2.59 bits per heavy atom. The minimum Gasteiger partial charge on any atom is -0.462 e. The van der Waals surface area contributed by atoms with Crippen molar-refractivity contribution in [2.75, 3.05) is 17.2 Å². The molecule has 138 valence electrons. The molecular weight excluding hydrogens is 364 g/mol. The van der Waals surface area contributed by atoms with Crippen LogP contribution in [0.5, 0.6) is 0 Å². The number of hydrogen-bond donors (Lipinski definition) is 2. The number of rotatable bonds is 4. The molecule has 7 heteroatoms. The van der Waals surface area contributed by atoms with Crippen LogP contribution in [0.4, 0.5) is 11.4 Å². The number of aryl methyl sites for hydroxylation is 1. The van der Waals surface area contributed by atoms with E-state index in [1.54, 1.807) is 37.3 Å². The fourth-order valence-corrected chi connectivity index (χ4v) is 2.87. The molecule has 1 aromatic heterocycles. The summed E-state index contributed by atoms with van der Waals surface area (Å²) in [6, 6.07) is 13.7. The van der Waals surface area contributed by atoms with Crippen LogP contribution in [0.3, 0.4) is 0 Å². The molecular formula is C20H18N2O4S. The molecule has 0 aliphatic heterocycles. The lowest BCUT2D eigenvalue weighted by Crippen LogP contribution is -2.19. The van der Waals surface area contributed by atoms with Gasteiger partial charge in [-0.3, -0.25) is 0 Å². The molecule has 0 bridgehead atoms. The third-order valence-electron chi connectivity index (χ3n) is 3.84. The topological polar surface area (TPSA) is 80.6 Å². The molecule has 3 aromatic rings. The Bertz CT molecular complexity index is 1080. The first-order valence-electron chi connectivity index (χ1n) is 8.36. The molecule has 2 N–H and O–H groups in total. The van der Waals surface area contributed by atoms with E-state index in [1.165, 1.54) is 6.07 Å². The first-order chi connectivity index (χ1) is 13.0. The first-order valence-corrected chi connectivity index (χ1v) is 8.77. The van der Waals surface area contributed by atoms with E-state index in [4.69, 9.17) is 21.4 Å². The van der Waals surface area contributed by atoms with Gasteiger partial charge in [0, 0.05) is 28.9 Å². The minimum absolute atomic E-state index is 0.314. The predicted octanol–water partition coefficient (Wildman–Crippen LogP) is 4.09. The molecule has 27 heavy (non-hydrogen) atoms.